The van der Waals surface area contributed by atoms with Crippen LogP contribution in [0.25, 0.3) is 12.2 Å². The van der Waals surface area contributed by atoms with E-state index in [-0.39, 0.29) is 5.57 Å². The van der Waals surface area contributed by atoms with Crippen LogP contribution in [0.3, 0.4) is 0 Å². The van der Waals surface area contributed by atoms with E-state index in [1.54, 1.807) is 0 Å². The minimum absolute atomic E-state index is 0.176. The molecule has 0 aliphatic rings. The Hall–Kier alpha value is -2.61. The molecule has 0 aliphatic carbocycles. The van der Waals surface area contributed by atoms with Gasteiger partial charge < -0.3 is 5.11 Å². The van der Waals surface area contributed by atoms with E-state index in [1.165, 1.54) is 18.1 Å². The summed E-state index contributed by atoms with van der Waals surface area (Å²) in [6.45, 7) is 4.60. The number of carbonyl (C=O) groups is 1. The van der Waals surface area contributed by atoms with Crippen LogP contribution >= 0.6 is 0 Å². The number of carboxylic acids is 1. The molecule has 0 radical (unpaired) electrons. The third kappa shape index (κ3) is 6.36. The predicted molar refractivity (Wildman–Crippen MR) is 84.3 cm³/mol. The molecule has 0 fully saturated rings. The zero-order valence-corrected chi connectivity index (χ0v) is 11.5. The number of benzene rings is 2. The second kappa shape index (κ2) is 8.48. The first kappa shape index (κ1) is 15.4. The summed E-state index contributed by atoms with van der Waals surface area (Å²) in [5.74, 6) is -0.935. The highest BCUT2D eigenvalue weighted by atomic mass is 16.4. The second-order valence-corrected chi connectivity index (χ2v) is 4.24. The van der Waals surface area contributed by atoms with E-state index >= 15 is 0 Å². The highest BCUT2D eigenvalue weighted by Gasteiger charge is 1.90. The molecule has 20 heavy (non-hydrogen) atoms. The van der Waals surface area contributed by atoms with Gasteiger partial charge in [-0.15, -0.1) is 0 Å². The molecule has 1 N–H and O–H groups in total. The average molecular weight is 266 g/mol. The van der Waals surface area contributed by atoms with Crippen LogP contribution in [-0.2, 0) is 4.79 Å². The van der Waals surface area contributed by atoms with E-state index in [9.17, 15) is 4.79 Å². The topological polar surface area (TPSA) is 37.3 Å². The van der Waals surface area contributed by atoms with Crippen molar-refractivity contribution in [3.8, 4) is 0 Å². The molecule has 0 spiro atoms. The van der Waals surface area contributed by atoms with Gasteiger partial charge in [0.15, 0.2) is 0 Å². The SMILES string of the molecule is C(=Cc1ccccc1)c1ccccc1.C=C(C)C(=O)O. The van der Waals surface area contributed by atoms with Crippen LogP contribution in [0, 0.1) is 0 Å². The Morgan fingerprint density at radius 2 is 1.20 bits per heavy atom. The second-order valence-electron chi connectivity index (χ2n) is 4.24. The lowest BCUT2D eigenvalue weighted by molar-refractivity contribution is -0.132. The quantitative estimate of drug-likeness (QED) is 0.656. The van der Waals surface area contributed by atoms with Gasteiger partial charge in [-0.1, -0.05) is 79.4 Å². The maximum absolute atomic E-state index is 9.60. The molecule has 2 rings (SSSR count). The fourth-order valence-electron chi connectivity index (χ4n) is 1.32. The molecule has 2 nitrogen and oxygen atoms in total. The number of aliphatic carboxylic acids is 1. The van der Waals surface area contributed by atoms with Gasteiger partial charge in [-0.2, -0.15) is 0 Å². The van der Waals surface area contributed by atoms with Gasteiger partial charge in [0, 0.05) is 5.57 Å². The number of carboxylic acid groups (broad SMARTS) is 1. The van der Waals surface area contributed by atoms with Crippen LogP contribution in [-0.4, -0.2) is 11.1 Å². The van der Waals surface area contributed by atoms with E-state index in [1.807, 2.05) is 36.4 Å². The largest absolute Gasteiger partial charge is 0.478 e. The monoisotopic (exact) mass is 266 g/mol. The number of hydrogen-bond acceptors (Lipinski definition) is 1. The van der Waals surface area contributed by atoms with Crippen molar-refractivity contribution in [2.24, 2.45) is 0 Å². The normalized spacial score (nSPS) is 9.65. The molecule has 0 aliphatic heterocycles. The summed E-state index contributed by atoms with van der Waals surface area (Å²) in [6.07, 6.45) is 4.24. The van der Waals surface area contributed by atoms with Crippen molar-refractivity contribution in [2.45, 2.75) is 6.92 Å². The smallest absolute Gasteiger partial charge is 0.330 e. The van der Waals surface area contributed by atoms with Crippen molar-refractivity contribution in [3.05, 3.63) is 83.9 Å². The van der Waals surface area contributed by atoms with Crippen LogP contribution in [0.5, 0.6) is 0 Å². The zero-order valence-electron chi connectivity index (χ0n) is 11.5. The van der Waals surface area contributed by atoms with Crippen molar-refractivity contribution >= 4 is 18.1 Å². The Balaban J connectivity index is 0.000000286. The van der Waals surface area contributed by atoms with E-state index in [4.69, 9.17) is 5.11 Å². The average Bonchev–Trinajstić information content (AvgIpc) is 2.48. The molecular weight excluding hydrogens is 248 g/mol. The first-order chi connectivity index (χ1) is 9.59. The first-order valence-electron chi connectivity index (χ1n) is 6.26. The van der Waals surface area contributed by atoms with Gasteiger partial charge in [0.05, 0.1) is 0 Å². The minimum Gasteiger partial charge on any atom is -0.478 e. The summed E-state index contributed by atoms with van der Waals surface area (Å²) >= 11 is 0. The van der Waals surface area contributed by atoms with Crippen LogP contribution < -0.4 is 0 Å². The van der Waals surface area contributed by atoms with Crippen LogP contribution in [0.4, 0.5) is 0 Å². The molecule has 0 heterocycles. The van der Waals surface area contributed by atoms with E-state index in [0.717, 1.165) is 0 Å². The fraction of sp³-hybridized carbons (Fsp3) is 0.0556. The van der Waals surface area contributed by atoms with Gasteiger partial charge in [0.25, 0.3) is 0 Å². The molecule has 2 aromatic carbocycles. The lowest BCUT2D eigenvalue weighted by atomic mass is 10.1. The number of rotatable bonds is 3. The van der Waals surface area contributed by atoms with Crippen molar-refractivity contribution in [1.29, 1.82) is 0 Å². The minimum atomic E-state index is -0.935. The Kier molecular flexibility index (Phi) is 6.55. The Bertz CT molecular complexity index is 515. The summed E-state index contributed by atoms with van der Waals surface area (Å²) in [7, 11) is 0. The van der Waals surface area contributed by atoms with Crippen molar-refractivity contribution in [3.63, 3.8) is 0 Å². The molecule has 2 aromatic rings. The molecule has 0 saturated carbocycles. The first-order valence-corrected chi connectivity index (χ1v) is 6.26. The summed E-state index contributed by atoms with van der Waals surface area (Å²) in [5, 5.41) is 7.89. The van der Waals surface area contributed by atoms with Crippen molar-refractivity contribution in [2.75, 3.05) is 0 Å². The fourth-order valence-corrected chi connectivity index (χ4v) is 1.32. The van der Waals surface area contributed by atoms with Gasteiger partial charge in [0.1, 0.15) is 0 Å². The third-order valence-corrected chi connectivity index (χ3v) is 2.43. The van der Waals surface area contributed by atoms with Gasteiger partial charge >= 0.3 is 5.97 Å². The molecule has 0 bridgehead atoms. The molecule has 2 heteroatoms. The molecule has 0 amide bonds. The predicted octanol–water partition coefficient (Wildman–Crippen LogP) is 4.50. The summed E-state index contributed by atoms with van der Waals surface area (Å²) in [5.41, 5.74) is 2.64. The van der Waals surface area contributed by atoms with Crippen molar-refractivity contribution in [1.82, 2.24) is 0 Å². The molecule has 0 atom stereocenters. The van der Waals surface area contributed by atoms with Gasteiger partial charge in [0.2, 0.25) is 0 Å². The van der Waals surface area contributed by atoms with E-state index < -0.39 is 5.97 Å². The van der Waals surface area contributed by atoms with Crippen LogP contribution in [0.1, 0.15) is 18.1 Å². The van der Waals surface area contributed by atoms with E-state index in [0.29, 0.717) is 0 Å². The standard InChI is InChI=1S/C14H12.C4H6O2/c1-3-7-13(8-4-1)11-12-14-9-5-2-6-10-14;1-3(2)4(5)6/h1-12H;1H2,2H3,(H,5,6). The van der Waals surface area contributed by atoms with Crippen LogP contribution in [0.2, 0.25) is 0 Å². The highest BCUT2D eigenvalue weighted by Crippen LogP contribution is 2.06. The van der Waals surface area contributed by atoms with Gasteiger partial charge in [-0.3, -0.25) is 0 Å². The summed E-state index contributed by atoms with van der Waals surface area (Å²) < 4.78 is 0. The zero-order chi connectivity index (χ0) is 14.8. The Morgan fingerprint density at radius 1 is 0.900 bits per heavy atom. The lowest BCUT2D eigenvalue weighted by Gasteiger charge is -1.92. The van der Waals surface area contributed by atoms with E-state index in [2.05, 4.69) is 43.0 Å². The summed E-state index contributed by atoms with van der Waals surface area (Å²) in [4.78, 5) is 9.60. The van der Waals surface area contributed by atoms with Gasteiger partial charge in [-0.05, 0) is 18.1 Å². The summed E-state index contributed by atoms with van der Waals surface area (Å²) in [6, 6.07) is 20.6. The molecule has 0 aromatic heterocycles. The Morgan fingerprint density at radius 3 is 1.45 bits per heavy atom. The highest BCUT2D eigenvalue weighted by molar-refractivity contribution is 5.84. The molecule has 102 valence electrons. The third-order valence-electron chi connectivity index (χ3n) is 2.43. The van der Waals surface area contributed by atoms with Crippen molar-refractivity contribution < 1.29 is 9.90 Å². The van der Waals surface area contributed by atoms with Crippen LogP contribution in [0.15, 0.2) is 72.8 Å². The molecule has 0 unspecified atom stereocenters. The maximum atomic E-state index is 9.60. The lowest BCUT2D eigenvalue weighted by Crippen LogP contribution is -1.92. The Labute approximate surface area is 119 Å². The molecule has 0 saturated heterocycles. The molecular formula is C18H18O2. The van der Waals surface area contributed by atoms with Gasteiger partial charge in [-0.25, -0.2) is 4.79 Å². The number of hydrogen-bond donors (Lipinski definition) is 1. The maximum Gasteiger partial charge on any atom is 0.330 e.